The molecule has 0 radical (unpaired) electrons. The van der Waals surface area contributed by atoms with Gasteiger partial charge in [-0.1, -0.05) is 43.2 Å². The summed E-state index contributed by atoms with van der Waals surface area (Å²) < 4.78 is 0. The zero-order valence-corrected chi connectivity index (χ0v) is 12.6. The number of aryl methyl sites for hydroxylation is 1. The van der Waals surface area contributed by atoms with Crippen LogP contribution >= 0.6 is 0 Å². The Morgan fingerprint density at radius 2 is 2.00 bits per heavy atom. The van der Waals surface area contributed by atoms with Crippen LogP contribution in [0.25, 0.3) is 0 Å². The number of rotatable bonds is 8. The number of guanidine groups is 1. The van der Waals surface area contributed by atoms with Crippen LogP contribution in [0.1, 0.15) is 38.2 Å². The molecule has 0 aromatic heterocycles. The van der Waals surface area contributed by atoms with Crippen LogP contribution in [0.4, 0.5) is 0 Å². The van der Waals surface area contributed by atoms with Crippen molar-refractivity contribution >= 4 is 5.96 Å². The maximum Gasteiger partial charge on any atom is 0.191 e. The minimum absolute atomic E-state index is 0.883. The van der Waals surface area contributed by atoms with E-state index in [1.54, 1.807) is 0 Å². The summed E-state index contributed by atoms with van der Waals surface area (Å²) in [5.74, 6) is 1.95. The smallest absolute Gasteiger partial charge is 0.191 e. The van der Waals surface area contributed by atoms with E-state index in [9.17, 15) is 0 Å². The van der Waals surface area contributed by atoms with Crippen molar-refractivity contribution in [2.45, 2.75) is 39.0 Å². The van der Waals surface area contributed by atoms with Crippen LogP contribution in [0, 0.1) is 5.92 Å². The SMILES string of the molecule is CCNC(=NCCCc1ccccc1)NCCC1CC1. The first kappa shape index (κ1) is 14.9. The Hall–Kier alpha value is -1.51. The first-order chi connectivity index (χ1) is 9.88. The molecule has 1 aliphatic rings. The molecular formula is C17H27N3. The normalized spacial score (nSPS) is 15.2. The first-order valence-corrected chi connectivity index (χ1v) is 7.94. The molecule has 2 N–H and O–H groups in total. The van der Waals surface area contributed by atoms with Crippen molar-refractivity contribution in [1.82, 2.24) is 10.6 Å². The van der Waals surface area contributed by atoms with Gasteiger partial charge in [-0.05, 0) is 37.7 Å². The summed E-state index contributed by atoms with van der Waals surface area (Å²) in [5.41, 5.74) is 1.40. The zero-order valence-electron chi connectivity index (χ0n) is 12.6. The maximum atomic E-state index is 4.64. The molecule has 0 amide bonds. The lowest BCUT2D eigenvalue weighted by molar-refractivity contribution is 0.683. The molecule has 0 atom stereocenters. The maximum absolute atomic E-state index is 4.64. The summed E-state index contributed by atoms with van der Waals surface area (Å²) in [5, 5.41) is 6.74. The van der Waals surface area contributed by atoms with Crippen molar-refractivity contribution in [3.05, 3.63) is 35.9 Å². The van der Waals surface area contributed by atoms with Gasteiger partial charge in [0.15, 0.2) is 5.96 Å². The minimum atomic E-state index is 0.883. The fourth-order valence-electron chi connectivity index (χ4n) is 2.26. The highest BCUT2D eigenvalue weighted by molar-refractivity contribution is 5.79. The van der Waals surface area contributed by atoms with Crippen molar-refractivity contribution in [3.8, 4) is 0 Å². The molecule has 0 unspecified atom stereocenters. The molecule has 1 aromatic carbocycles. The highest BCUT2D eigenvalue weighted by Crippen LogP contribution is 2.31. The van der Waals surface area contributed by atoms with Gasteiger partial charge in [0.05, 0.1) is 0 Å². The highest BCUT2D eigenvalue weighted by Gasteiger charge is 2.20. The van der Waals surface area contributed by atoms with Gasteiger partial charge in [-0.2, -0.15) is 0 Å². The largest absolute Gasteiger partial charge is 0.357 e. The third-order valence-corrected chi connectivity index (χ3v) is 3.62. The highest BCUT2D eigenvalue weighted by atomic mass is 15.2. The molecule has 3 heteroatoms. The van der Waals surface area contributed by atoms with Gasteiger partial charge in [-0.25, -0.2) is 0 Å². The van der Waals surface area contributed by atoms with Gasteiger partial charge in [-0.3, -0.25) is 4.99 Å². The average Bonchev–Trinajstić information content (AvgIpc) is 3.29. The van der Waals surface area contributed by atoms with Gasteiger partial charge in [0.25, 0.3) is 0 Å². The van der Waals surface area contributed by atoms with Gasteiger partial charge in [0.1, 0.15) is 0 Å². The van der Waals surface area contributed by atoms with Crippen LogP contribution in [-0.4, -0.2) is 25.6 Å². The van der Waals surface area contributed by atoms with Gasteiger partial charge in [0, 0.05) is 19.6 Å². The second-order valence-electron chi connectivity index (χ2n) is 5.51. The number of benzene rings is 1. The van der Waals surface area contributed by atoms with Crippen LogP contribution in [0.15, 0.2) is 35.3 Å². The molecule has 0 bridgehead atoms. The Morgan fingerprint density at radius 3 is 2.70 bits per heavy atom. The van der Waals surface area contributed by atoms with E-state index in [0.717, 1.165) is 44.4 Å². The molecule has 1 aliphatic carbocycles. The Kier molecular flexibility index (Phi) is 6.42. The van der Waals surface area contributed by atoms with Crippen molar-refractivity contribution in [1.29, 1.82) is 0 Å². The molecular weight excluding hydrogens is 246 g/mol. The Bertz CT molecular complexity index is 396. The average molecular weight is 273 g/mol. The zero-order chi connectivity index (χ0) is 14.0. The van der Waals surface area contributed by atoms with E-state index in [1.807, 2.05) is 0 Å². The monoisotopic (exact) mass is 273 g/mol. The number of hydrogen-bond acceptors (Lipinski definition) is 1. The number of hydrogen-bond donors (Lipinski definition) is 2. The lowest BCUT2D eigenvalue weighted by atomic mass is 10.1. The topological polar surface area (TPSA) is 36.4 Å². The molecule has 20 heavy (non-hydrogen) atoms. The lowest BCUT2D eigenvalue weighted by Crippen LogP contribution is -2.38. The molecule has 2 rings (SSSR count). The van der Waals surface area contributed by atoms with Crippen LogP contribution in [0.2, 0.25) is 0 Å². The third kappa shape index (κ3) is 6.09. The van der Waals surface area contributed by atoms with Crippen LogP contribution < -0.4 is 10.6 Å². The standard InChI is InChI=1S/C17H27N3/c1-2-18-17(20-14-12-16-10-11-16)19-13-6-9-15-7-4-3-5-8-15/h3-5,7-8,16H,2,6,9-14H2,1H3,(H2,18,19,20). The Balaban J connectivity index is 1.64. The molecule has 0 saturated heterocycles. The van der Waals surface area contributed by atoms with Gasteiger partial charge in [-0.15, -0.1) is 0 Å². The van der Waals surface area contributed by atoms with Crippen molar-refractivity contribution in [3.63, 3.8) is 0 Å². The second kappa shape index (κ2) is 8.62. The predicted octanol–water partition coefficient (Wildman–Crippen LogP) is 2.97. The Labute approximate surface area is 122 Å². The van der Waals surface area contributed by atoms with Crippen LogP contribution in [-0.2, 0) is 6.42 Å². The molecule has 110 valence electrons. The number of aliphatic imine (C=N–C) groups is 1. The van der Waals surface area contributed by atoms with Crippen molar-refractivity contribution < 1.29 is 0 Å². The quantitative estimate of drug-likeness (QED) is 0.434. The van der Waals surface area contributed by atoms with E-state index < -0.39 is 0 Å². The van der Waals surface area contributed by atoms with Gasteiger partial charge < -0.3 is 10.6 Å². The van der Waals surface area contributed by atoms with E-state index in [0.29, 0.717) is 0 Å². The van der Waals surface area contributed by atoms with Crippen LogP contribution in [0.3, 0.4) is 0 Å². The summed E-state index contributed by atoms with van der Waals surface area (Å²) >= 11 is 0. The number of nitrogens with zero attached hydrogens (tertiary/aromatic N) is 1. The van der Waals surface area contributed by atoms with E-state index >= 15 is 0 Å². The minimum Gasteiger partial charge on any atom is -0.357 e. The van der Waals surface area contributed by atoms with Gasteiger partial charge in [0.2, 0.25) is 0 Å². The summed E-state index contributed by atoms with van der Waals surface area (Å²) in [6.07, 6.45) is 6.34. The van der Waals surface area contributed by atoms with Gasteiger partial charge >= 0.3 is 0 Å². The third-order valence-electron chi connectivity index (χ3n) is 3.62. The molecule has 1 saturated carbocycles. The molecule has 0 spiro atoms. The fourth-order valence-corrected chi connectivity index (χ4v) is 2.26. The van der Waals surface area contributed by atoms with Crippen molar-refractivity contribution in [2.24, 2.45) is 10.9 Å². The fraction of sp³-hybridized carbons (Fsp3) is 0.588. The van der Waals surface area contributed by atoms with E-state index in [2.05, 4.69) is 52.9 Å². The summed E-state index contributed by atoms with van der Waals surface area (Å²) in [6.45, 7) is 4.97. The summed E-state index contributed by atoms with van der Waals surface area (Å²) in [4.78, 5) is 4.64. The van der Waals surface area contributed by atoms with E-state index in [4.69, 9.17) is 0 Å². The first-order valence-electron chi connectivity index (χ1n) is 7.94. The molecule has 3 nitrogen and oxygen atoms in total. The molecule has 0 aliphatic heterocycles. The lowest BCUT2D eigenvalue weighted by Gasteiger charge is -2.10. The van der Waals surface area contributed by atoms with Crippen LogP contribution in [0.5, 0.6) is 0 Å². The molecule has 0 heterocycles. The number of nitrogens with one attached hydrogen (secondary N) is 2. The van der Waals surface area contributed by atoms with E-state index in [1.165, 1.54) is 24.8 Å². The van der Waals surface area contributed by atoms with Crippen molar-refractivity contribution in [2.75, 3.05) is 19.6 Å². The summed E-state index contributed by atoms with van der Waals surface area (Å²) in [7, 11) is 0. The molecule has 1 fully saturated rings. The molecule has 1 aromatic rings. The predicted molar refractivity (Wildman–Crippen MR) is 86.1 cm³/mol. The second-order valence-corrected chi connectivity index (χ2v) is 5.51. The Morgan fingerprint density at radius 1 is 1.20 bits per heavy atom. The summed E-state index contributed by atoms with van der Waals surface area (Å²) in [6, 6.07) is 10.6. The van der Waals surface area contributed by atoms with E-state index in [-0.39, 0.29) is 0 Å².